The average molecular weight is 314 g/mol. The average Bonchev–Trinajstić information content (AvgIpc) is 2.97. The molecule has 3 rings (SSSR count). The van der Waals surface area contributed by atoms with Gasteiger partial charge in [0, 0.05) is 10.8 Å². The zero-order valence-corrected chi connectivity index (χ0v) is 13.9. The predicted octanol–water partition coefficient (Wildman–Crippen LogP) is 3.78. The van der Waals surface area contributed by atoms with E-state index < -0.39 is 0 Å². The Bertz CT molecular complexity index is 842. The summed E-state index contributed by atoms with van der Waals surface area (Å²) >= 11 is 1.55. The second-order valence-electron chi connectivity index (χ2n) is 5.51. The Morgan fingerprint density at radius 3 is 2.59 bits per heavy atom. The number of ether oxygens (including phenoxy) is 1. The zero-order valence-electron chi connectivity index (χ0n) is 13.0. The highest BCUT2D eigenvalue weighted by atomic mass is 32.1. The monoisotopic (exact) mass is 314 g/mol. The van der Waals surface area contributed by atoms with Crippen LogP contribution in [-0.4, -0.2) is 22.1 Å². The number of nitrogens with two attached hydrogens (primary N) is 1. The Hall–Kier alpha value is -2.21. The van der Waals surface area contributed by atoms with Crippen molar-refractivity contribution in [3.8, 4) is 16.6 Å². The highest BCUT2D eigenvalue weighted by molar-refractivity contribution is 7.13. The fourth-order valence-electron chi connectivity index (χ4n) is 2.26. The maximum atomic E-state index is 6.12. The van der Waals surface area contributed by atoms with E-state index in [-0.39, 0.29) is 0 Å². The van der Waals surface area contributed by atoms with Gasteiger partial charge in [0.2, 0.25) is 0 Å². The number of hydrogen-bond donors (Lipinski definition) is 1. The molecule has 3 aromatic rings. The van der Waals surface area contributed by atoms with Crippen LogP contribution in [0, 0.1) is 6.92 Å². The lowest BCUT2D eigenvalue weighted by molar-refractivity contribution is 0.415. The van der Waals surface area contributed by atoms with Gasteiger partial charge >= 0.3 is 0 Å². The largest absolute Gasteiger partial charge is 0.497 e. The third-order valence-electron chi connectivity index (χ3n) is 3.53. The molecule has 0 fully saturated rings. The number of nitrogens with zero attached hydrogens (tertiary/aromatic N) is 3. The standard InChI is InChI=1S/C16H18N4OS/c1-8(2)12-7-22-16(18-12)15-19-13-9(3)5-10(21-4)6-11(13)14(17)20-15/h5-8H,1-4H3,(H2,17,19,20). The maximum Gasteiger partial charge on any atom is 0.191 e. The van der Waals surface area contributed by atoms with E-state index in [4.69, 9.17) is 10.5 Å². The minimum Gasteiger partial charge on any atom is -0.497 e. The molecular weight excluding hydrogens is 296 g/mol. The minimum atomic E-state index is 0.383. The third-order valence-corrected chi connectivity index (χ3v) is 4.39. The normalized spacial score (nSPS) is 11.3. The van der Waals surface area contributed by atoms with Gasteiger partial charge in [-0.1, -0.05) is 13.8 Å². The molecule has 0 aliphatic heterocycles. The molecule has 0 spiro atoms. The second-order valence-corrected chi connectivity index (χ2v) is 6.36. The first-order valence-electron chi connectivity index (χ1n) is 7.07. The highest BCUT2D eigenvalue weighted by Crippen LogP contribution is 2.31. The van der Waals surface area contributed by atoms with Crippen LogP contribution in [0.25, 0.3) is 21.7 Å². The quantitative estimate of drug-likeness (QED) is 0.796. The van der Waals surface area contributed by atoms with E-state index in [9.17, 15) is 0 Å². The van der Waals surface area contributed by atoms with Crippen molar-refractivity contribution in [2.75, 3.05) is 12.8 Å². The number of fused-ring (bicyclic) bond motifs is 1. The molecule has 0 bridgehead atoms. The molecule has 1 aromatic carbocycles. The molecule has 6 heteroatoms. The second kappa shape index (κ2) is 5.53. The van der Waals surface area contributed by atoms with Crippen LogP contribution in [0.1, 0.15) is 31.0 Å². The lowest BCUT2D eigenvalue weighted by Gasteiger charge is -2.08. The summed E-state index contributed by atoms with van der Waals surface area (Å²) in [4.78, 5) is 13.7. The van der Waals surface area contributed by atoms with Gasteiger partial charge in [-0.2, -0.15) is 0 Å². The summed E-state index contributed by atoms with van der Waals surface area (Å²) in [6.45, 7) is 6.22. The van der Waals surface area contributed by atoms with Gasteiger partial charge in [0.05, 0.1) is 18.3 Å². The number of thiazole rings is 1. The van der Waals surface area contributed by atoms with Gasteiger partial charge in [0.25, 0.3) is 0 Å². The van der Waals surface area contributed by atoms with Gasteiger partial charge < -0.3 is 10.5 Å². The molecule has 0 saturated heterocycles. The lowest BCUT2D eigenvalue weighted by atomic mass is 10.1. The van der Waals surface area contributed by atoms with Crippen LogP contribution in [0.5, 0.6) is 5.75 Å². The Balaban J connectivity index is 2.17. The number of anilines is 1. The van der Waals surface area contributed by atoms with Crippen molar-refractivity contribution in [2.24, 2.45) is 0 Å². The van der Waals surface area contributed by atoms with Crippen LogP contribution in [0.2, 0.25) is 0 Å². The zero-order chi connectivity index (χ0) is 15.9. The Morgan fingerprint density at radius 1 is 1.18 bits per heavy atom. The van der Waals surface area contributed by atoms with E-state index in [0.717, 1.165) is 32.9 Å². The van der Waals surface area contributed by atoms with Crippen molar-refractivity contribution in [1.82, 2.24) is 15.0 Å². The summed E-state index contributed by atoms with van der Waals surface area (Å²) in [6, 6.07) is 3.81. The Morgan fingerprint density at radius 2 is 1.95 bits per heavy atom. The van der Waals surface area contributed by atoms with Crippen molar-refractivity contribution in [1.29, 1.82) is 0 Å². The summed E-state index contributed by atoms with van der Waals surface area (Å²) in [7, 11) is 1.63. The first-order valence-corrected chi connectivity index (χ1v) is 7.95. The van der Waals surface area contributed by atoms with E-state index in [0.29, 0.717) is 17.6 Å². The number of rotatable bonds is 3. The Kier molecular flexibility index (Phi) is 3.70. The number of benzene rings is 1. The van der Waals surface area contributed by atoms with E-state index in [1.54, 1.807) is 18.4 Å². The summed E-state index contributed by atoms with van der Waals surface area (Å²) in [5.41, 5.74) is 9.02. The molecule has 0 aliphatic carbocycles. The van der Waals surface area contributed by atoms with Gasteiger partial charge in [-0.3, -0.25) is 0 Å². The fraction of sp³-hybridized carbons (Fsp3) is 0.312. The van der Waals surface area contributed by atoms with Crippen LogP contribution >= 0.6 is 11.3 Å². The topological polar surface area (TPSA) is 73.9 Å². The molecule has 0 saturated carbocycles. The van der Waals surface area contributed by atoms with E-state index in [1.807, 2.05) is 24.4 Å². The smallest absolute Gasteiger partial charge is 0.191 e. The van der Waals surface area contributed by atoms with Crippen LogP contribution in [0.3, 0.4) is 0 Å². The molecular formula is C16H18N4OS. The summed E-state index contributed by atoms with van der Waals surface area (Å²) in [6.07, 6.45) is 0. The Labute approximate surface area is 133 Å². The number of hydrogen-bond acceptors (Lipinski definition) is 6. The molecule has 5 nitrogen and oxygen atoms in total. The number of aromatic nitrogens is 3. The molecule has 2 N–H and O–H groups in total. The van der Waals surface area contributed by atoms with Crippen LogP contribution in [-0.2, 0) is 0 Å². The van der Waals surface area contributed by atoms with Gasteiger partial charge in [-0.05, 0) is 30.5 Å². The van der Waals surface area contributed by atoms with E-state index >= 15 is 0 Å². The predicted molar refractivity (Wildman–Crippen MR) is 90.4 cm³/mol. The minimum absolute atomic E-state index is 0.383. The van der Waals surface area contributed by atoms with Crippen molar-refractivity contribution in [2.45, 2.75) is 26.7 Å². The van der Waals surface area contributed by atoms with Crippen molar-refractivity contribution < 1.29 is 4.74 Å². The molecule has 0 radical (unpaired) electrons. The van der Waals surface area contributed by atoms with Crippen LogP contribution in [0.4, 0.5) is 5.82 Å². The van der Waals surface area contributed by atoms with Gasteiger partial charge in [0.1, 0.15) is 11.6 Å². The number of aryl methyl sites for hydroxylation is 1. The third kappa shape index (κ3) is 2.50. The SMILES string of the molecule is COc1cc(C)c2nc(-c3nc(C(C)C)cs3)nc(N)c2c1. The maximum absolute atomic E-state index is 6.12. The summed E-state index contributed by atoms with van der Waals surface area (Å²) < 4.78 is 5.28. The molecule has 22 heavy (non-hydrogen) atoms. The molecule has 2 heterocycles. The van der Waals surface area contributed by atoms with Crippen LogP contribution < -0.4 is 10.5 Å². The van der Waals surface area contributed by atoms with Gasteiger partial charge in [0.15, 0.2) is 10.8 Å². The molecule has 2 aromatic heterocycles. The summed E-state index contributed by atoms with van der Waals surface area (Å²) in [5.74, 6) is 2.16. The highest BCUT2D eigenvalue weighted by Gasteiger charge is 2.14. The van der Waals surface area contributed by atoms with E-state index in [2.05, 4.69) is 28.8 Å². The first-order chi connectivity index (χ1) is 10.5. The molecule has 0 aliphatic rings. The molecule has 0 unspecified atom stereocenters. The van der Waals surface area contributed by atoms with Crippen LogP contribution in [0.15, 0.2) is 17.5 Å². The van der Waals surface area contributed by atoms with Crippen molar-refractivity contribution >= 4 is 28.1 Å². The molecule has 114 valence electrons. The van der Waals surface area contributed by atoms with Crippen molar-refractivity contribution in [3.63, 3.8) is 0 Å². The molecule has 0 atom stereocenters. The van der Waals surface area contributed by atoms with Crippen molar-refractivity contribution in [3.05, 3.63) is 28.8 Å². The van der Waals surface area contributed by atoms with E-state index in [1.165, 1.54) is 0 Å². The first kappa shape index (κ1) is 14.7. The number of methoxy groups -OCH3 is 1. The lowest BCUT2D eigenvalue weighted by Crippen LogP contribution is -2.00. The molecule has 0 amide bonds. The summed E-state index contributed by atoms with van der Waals surface area (Å²) in [5, 5.41) is 3.65. The van der Waals surface area contributed by atoms with Gasteiger partial charge in [-0.25, -0.2) is 15.0 Å². The number of nitrogen functional groups attached to an aromatic ring is 1. The fourth-order valence-corrected chi connectivity index (χ4v) is 3.17. The van der Waals surface area contributed by atoms with Gasteiger partial charge in [-0.15, -0.1) is 11.3 Å².